The lowest BCUT2D eigenvalue weighted by atomic mass is 9.85. The Kier molecular flexibility index (Phi) is 3.88. The second-order valence-electron chi connectivity index (χ2n) is 6.75. The van der Waals surface area contributed by atoms with Crippen molar-refractivity contribution in [3.05, 3.63) is 29.3 Å². The van der Waals surface area contributed by atoms with Gasteiger partial charge in [0.15, 0.2) is 0 Å². The summed E-state index contributed by atoms with van der Waals surface area (Å²) in [6.07, 6.45) is 2.30. The molecule has 0 amide bonds. The van der Waals surface area contributed by atoms with Crippen molar-refractivity contribution >= 4 is 0 Å². The molecule has 0 unspecified atom stereocenters. The van der Waals surface area contributed by atoms with E-state index in [1.807, 2.05) is 0 Å². The van der Waals surface area contributed by atoms with E-state index in [2.05, 4.69) is 44.3 Å². The maximum Gasteiger partial charge on any atom is 0.122 e. The van der Waals surface area contributed by atoms with Gasteiger partial charge in [-0.25, -0.2) is 0 Å². The standard InChI is InChI=1S/C16H26N2O/c1-15(2,3)13-9-12(5-6-14(13)19-4)10-18-11-16(17)7-8-16/h5-6,9,18H,7-8,10-11,17H2,1-4H3. The molecule has 1 aliphatic rings. The molecule has 0 saturated heterocycles. The molecule has 3 nitrogen and oxygen atoms in total. The van der Waals surface area contributed by atoms with Gasteiger partial charge in [-0.15, -0.1) is 0 Å². The van der Waals surface area contributed by atoms with Gasteiger partial charge in [0.25, 0.3) is 0 Å². The van der Waals surface area contributed by atoms with Crippen molar-refractivity contribution < 1.29 is 4.74 Å². The molecule has 1 aromatic carbocycles. The molecule has 0 aliphatic heterocycles. The topological polar surface area (TPSA) is 47.3 Å². The van der Waals surface area contributed by atoms with E-state index in [0.29, 0.717) is 0 Å². The van der Waals surface area contributed by atoms with Gasteiger partial charge in [-0.2, -0.15) is 0 Å². The van der Waals surface area contributed by atoms with E-state index in [0.717, 1.165) is 31.7 Å². The monoisotopic (exact) mass is 262 g/mol. The normalized spacial score (nSPS) is 17.3. The molecule has 0 heterocycles. The van der Waals surface area contributed by atoms with E-state index in [9.17, 15) is 0 Å². The lowest BCUT2D eigenvalue weighted by molar-refractivity contribution is 0.397. The van der Waals surface area contributed by atoms with Crippen LogP contribution in [0.5, 0.6) is 5.75 Å². The van der Waals surface area contributed by atoms with Crippen LogP contribution in [0.3, 0.4) is 0 Å². The van der Waals surface area contributed by atoms with Crippen molar-refractivity contribution in [2.24, 2.45) is 5.73 Å². The van der Waals surface area contributed by atoms with Crippen LogP contribution in [0.1, 0.15) is 44.7 Å². The summed E-state index contributed by atoms with van der Waals surface area (Å²) in [5, 5.41) is 3.45. The first-order valence-corrected chi connectivity index (χ1v) is 7.01. The zero-order valence-corrected chi connectivity index (χ0v) is 12.5. The Hall–Kier alpha value is -1.06. The molecular weight excluding hydrogens is 236 g/mol. The predicted octanol–water partition coefficient (Wildman–Crippen LogP) is 2.57. The molecule has 2 rings (SSSR count). The average Bonchev–Trinajstić information content (AvgIpc) is 3.06. The summed E-state index contributed by atoms with van der Waals surface area (Å²) in [5.74, 6) is 0.966. The fourth-order valence-corrected chi connectivity index (χ4v) is 2.24. The molecule has 1 fully saturated rings. The largest absolute Gasteiger partial charge is 0.496 e. The number of nitrogens with two attached hydrogens (primary N) is 1. The summed E-state index contributed by atoms with van der Waals surface area (Å²) in [7, 11) is 1.73. The van der Waals surface area contributed by atoms with E-state index in [1.54, 1.807) is 7.11 Å². The van der Waals surface area contributed by atoms with Crippen molar-refractivity contribution in [2.75, 3.05) is 13.7 Å². The van der Waals surface area contributed by atoms with Gasteiger partial charge in [-0.3, -0.25) is 0 Å². The van der Waals surface area contributed by atoms with Gasteiger partial charge in [0, 0.05) is 18.6 Å². The Balaban J connectivity index is 2.05. The predicted molar refractivity (Wildman–Crippen MR) is 79.6 cm³/mol. The van der Waals surface area contributed by atoms with E-state index < -0.39 is 0 Å². The molecule has 1 saturated carbocycles. The Morgan fingerprint density at radius 2 is 2.00 bits per heavy atom. The molecule has 106 valence electrons. The molecule has 3 N–H and O–H groups in total. The van der Waals surface area contributed by atoms with Crippen LogP contribution >= 0.6 is 0 Å². The van der Waals surface area contributed by atoms with E-state index >= 15 is 0 Å². The van der Waals surface area contributed by atoms with Gasteiger partial charge in [0.2, 0.25) is 0 Å². The van der Waals surface area contributed by atoms with E-state index in [1.165, 1.54) is 11.1 Å². The van der Waals surface area contributed by atoms with Gasteiger partial charge in [-0.05, 0) is 35.4 Å². The van der Waals surface area contributed by atoms with Crippen molar-refractivity contribution in [1.29, 1.82) is 0 Å². The van der Waals surface area contributed by atoms with Crippen LogP contribution in [0, 0.1) is 0 Å². The fourth-order valence-electron chi connectivity index (χ4n) is 2.24. The van der Waals surface area contributed by atoms with Crippen LogP contribution in [0.25, 0.3) is 0 Å². The average molecular weight is 262 g/mol. The van der Waals surface area contributed by atoms with Gasteiger partial charge in [0.05, 0.1) is 7.11 Å². The third-order valence-corrected chi connectivity index (χ3v) is 3.77. The summed E-state index contributed by atoms with van der Waals surface area (Å²) in [5.41, 5.74) is 8.77. The van der Waals surface area contributed by atoms with Crippen LogP contribution in [0.2, 0.25) is 0 Å². The number of hydrogen-bond donors (Lipinski definition) is 2. The molecular formula is C16H26N2O. The lowest BCUT2D eigenvalue weighted by Gasteiger charge is -2.23. The van der Waals surface area contributed by atoms with Gasteiger partial charge >= 0.3 is 0 Å². The van der Waals surface area contributed by atoms with Gasteiger partial charge < -0.3 is 15.8 Å². The van der Waals surface area contributed by atoms with Crippen molar-refractivity contribution in [1.82, 2.24) is 5.32 Å². The molecule has 1 aromatic rings. The van der Waals surface area contributed by atoms with Crippen LogP contribution in [-0.2, 0) is 12.0 Å². The summed E-state index contributed by atoms with van der Waals surface area (Å²) in [4.78, 5) is 0. The Bertz CT molecular complexity index is 445. The molecule has 3 heteroatoms. The minimum absolute atomic E-state index is 0.0688. The van der Waals surface area contributed by atoms with Crippen molar-refractivity contribution in [2.45, 2.75) is 51.1 Å². The molecule has 0 spiro atoms. The first-order valence-electron chi connectivity index (χ1n) is 7.01. The highest BCUT2D eigenvalue weighted by Crippen LogP contribution is 2.33. The third-order valence-electron chi connectivity index (χ3n) is 3.77. The zero-order chi connectivity index (χ0) is 14.1. The van der Waals surface area contributed by atoms with Gasteiger partial charge in [0.1, 0.15) is 5.75 Å². The van der Waals surface area contributed by atoms with E-state index in [4.69, 9.17) is 10.5 Å². The zero-order valence-electron chi connectivity index (χ0n) is 12.5. The highest BCUT2D eigenvalue weighted by Gasteiger charge is 2.37. The first-order chi connectivity index (χ1) is 8.84. The second kappa shape index (κ2) is 5.14. The Morgan fingerprint density at radius 3 is 2.53 bits per heavy atom. The smallest absolute Gasteiger partial charge is 0.122 e. The number of hydrogen-bond acceptors (Lipinski definition) is 3. The fraction of sp³-hybridized carbons (Fsp3) is 0.625. The molecule has 0 aromatic heterocycles. The van der Waals surface area contributed by atoms with E-state index in [-0.39, 0.29) is 11.0 Å². The molecule has 0 bridgehead atoms. The van der Waals surface area contributed by atoms with Gasteiger partial charge in [-0.1, -0.05) is 32.9 Å². The number of benzene rings is 1. The number of nitrogens with one attached hydrogen (secondary N) is 1. The molecule has 19 heavy (non-hydrogen) atoms. The SMILES string of the molecule is COc1ccc(CNCC2(N)CC2)cc1C(C)(C)C. The summed E-state index contributed by atoms with van der Waals surface area (Å²) < 4.78 is 5.46. The summed E-state index contributed by atoms with van der Waals surface area (Å²) >= 11 is 0. The Labute approximate surface area is 116 Å². The van der Waals surface area contributed by atoms with Crippen LogP contribution < -0.4 is 15.8 Å². The molecule has 0 radical (unpaired) electrons. The Morgan fingerprint density at radius 1 is 1.32 bits per heavy atom. The summed E-state index contributed by atoms with van der Waals surface area (Å²) in [6.45, 7) is 8.40. The van der Waals surface area contributed by atoms with Crippen LogP contribution in [0.15, 0.2) is 18.2 Å². The lowest BCUT2D eigenvalue weighted by Crippen LogP contribution is -2.35. The number of ether oxygens (including phenoxy) is 1. The highest BCUT2D eigenvalue weighted by atomic mass is 16.5. The quantitative estimate of drug-likeness (QED) is 0.857. The highest BCUT2D eigenvalue weighted by molar-refractivity contribution is 5.41. The first kappa shape index (κ1) is 14.4. The van der Waals surface area contributed by atoms with Crippen LogP contribution in [-0.4, -0.2) is 19.2 Å². The minimum atomic E-state index is 0.0688. The van der Waals surface area contributed by atoms with Crippen LogP contribution in [0.4, 0.5) is 0 Å². The number of methoxy groups -OCH3 is 1. The van der Waals surface area contributed by atoms with Crippen molar-refractivity contribution in [3.63, 3.8) is 0 Å². The molecule has 1 aliphatic carbocycles. The second-order valence-corrected chi connectivity index (χ2v) is 6.75. The number of rotatable bonds is 5. The minimum Gasteiger partial charge on any atom is -0.496 e. The van der Waals surface area contributed by atoms with Crippen molar-refractivity contribution in [3.8, 4) is 5.75 Å². The maximum atomic E-state index is 6.07. The third kappa shape index (κ3) is 3.71. The summed E-state index contributed by atoms with van der Waals surface area (Å²) in [6, 6.07) is 6.42. The maximum absolute atomic E-state index is 6.07. The molecule has 0 atom stereocenters.